The van der Waals surface area contributed by atoms with Crippen molar-refractivity contribution in [1.82, 2.24) is 0 Å². The highest BCUT2D eigenvalue weighted by Crippen LogP contribution is 2.40. The SMILES string of the molecule is CCOC(=O)C1=C(c2ccccc2)CC(=S)S1. The first-order valence-electron chi connectivity index (χ1n) is 5.38. The van der Waals surface area contributed by atoms with Crippen molar-refractivity contribution >= 4 is 39.7 Å². The number of ether oxygens (including phenoxy) is 1. The van der Waals surface area contributed by atoms with Gasteiger partial charge in [0.1, 0.15) is 4.91 Å². The smallest absolute Gasteiger partial charge is 0.345 e. The number of hydrogen-bond donors (Lipinski definition) is 0. The van der Waals surface area contributed by atoms with Gasteiger partial charge in [0.25, 0.3) is 0 Å². The molecule has 0 amide bonds. The maximum atomic E-state index is 11.8. The van der Waals surface area contributed by atoms with E-state index < -0.39 is 0 Å². The zero-order valence-corrected chi connectivity index (χ0v) is 11.1. The summed E-state index contributed by atoms with van der Waals surface area (Å²) in [6, 6.07) is 9.84. The number of thioether (sulfide) groups is 1. The lowest BCUT2D eigenvalue weighted by atomic mass is 10.0. The minimum atomic E-state index is -0.267. The molecule has 0 radical (unpaired) electrons. The molecule has 0 bridgehead atoms. The third-order valence-corrected chi connectivity index (χ3v) is 3.78. The molecular formula is C13H12O2S2. The Morgan fingerprint density at radius 2 is 2.12 bits per heavy atom. The van der Waals surface area contributed by atoms with E-state index in [0.29, 0.717) is 17.9 Å². The maximum absolute atomic E-state index is 11.8. The number of thiocarbonyl (C=S) groups is 1. The first kappa shape index (κ1) is 12.3. The van der Waals surface area contributed by atoms with Gasteiger partial charge in [-0.1, -0.05) is 54.3 Å². The molecule has 88 valence electrons. The lowest BCUT2D eigenvalue weighted by Gasteiger charge is -2.05. The van der Waals surface area contributed by atoms with E-state index in [-0.39, 0.29) is 5.97 Å². The van der Waals surface area contributed by atoms with Gasteiger partial charge >= 0.3 is 5.97 Å². The molecule has 2 rings (SSSR count). The second-order valence-electron chi connectivity index (χ2n) is 3.55. The lowest BCUT2D eigenvalue weighted by Crippen LogP contribution is -2.05. The first-order chi connectivity index (χ1) is 8.22. The summed E-state index contributed by atoms with van der Waals surface area (Å²) in [5.41, 5.74) is 2.03. The van der Waals surface area contributed by atoms with Crippen molar-refractivity contribution in [2.45, 2.75) is 13.3 Å². The van der Waals surface area contributed by atoms with E-state index in [2.05, 4.69) is 0 Å². The Balaban J connectivity index is 2.37. The zero-order chi connectivity index (χ0) is 12.3. The first-order valence-corrected chi connectivity index (χ1v) is 6.61. The Kier molecular flexibility index (Phi) is 3.97. The van der Waals surface area contributed by atoms with E-state index in [1.165, 1.54) is 11.8 Å². The van der Waals surface area contributed by atoms with Crippen LogP contribution in [0.3, 0.4) is 0 Å². The Bertz CT molecular complexity index is 477. The van der Waals surface area contributed by atoms with Crippen molar-refractivity contribution in [2.24, 2.45) is 0 Å². The highest BCUT2D eigenvalue weighted by molar-refractivity contribution is 8.26. The summed E-state index contributed by atoms with van der Waals surface area (Å²) in [6.07, 6.45) is 0.665. The fourth-order valence-electron chi connectivity index (χ4n) is 1.67. The van der Waals surface area contributed by atoms with Gasteiger partial charge < -0.3 is 4.74 Å². The molecule has 0 saturated heterocycles. The molecule has 0 atom stereocenters. The van der Waals surface area contributed by atoms with Crippen LogP contribution in [0.4, 0.5) is 0 Å². The van der Waals surface area contributed by atoms with Crippen molar-refractivity contribution < 1.29 is 9.53 Å². The molecule has 4 heteroatoms. The van der Waals surface area contributed by atoms with Gasteiger partial charge in [0.2, 0.25) is 0 Å². The Morgan fingerprint density at radius 1 is 1.41 bits per heavy atom. The Labute approximate surface area is 110 Å². The maximum Gasteiger partial charge on any atom is 0.345 e. The van der Waals surface area contributed by atoms with Crippen LogP contribution in [0, 0.1) is 0 Å². The molecule has 1 aliphatic heterocycles. The van der Waals surface area contributed by atoms with Crippen LogP contribution in [-0.2, 0) is 9.53 Å². The third kappa shape index (κ3) is 2.76. The van der Waals surface area contributed by atoms with Gasteiger partial charge in [-0.3, -0.25) is 0 Å². The van der Waals surface area contributed by atoms with Crippen LogP contribution < -0.4 is 0 Å². The Hall–Kier alpha value is -1.13. The highest BCUT2D eigenvalue weighted by atomic mass is 32.2. The van der Waals surface area contributed by atoms with Gasteiger partial charge in [0.15, 0.2) is 0 Å². The molecule has 0 N–H and O–H groups in total. The second kappa shape index (κ2) is 5.47. The average molecular weight is 264 g/mol. The summed E-state index contributed by atoms with van der Waals surface area (Å²) in [4.78, 5) is 12.5. The fourth-order valence-corrected chi connectivity index (χ4v) is 2.96. The summed E-state index contributed by atoms with van der Waals surface area (Å²) in [6.45, 7) is 2.19. The number of carbonyl (C=O) groups excluding carboxylic acids is 1. The van der Waals surface area contributed by atoms with Crippen LogP contribution in [0.5, 0.6) is 0 Å². The molecule has 1 aromatic rings. The van der Waals surface area contributed by atoms with Crippen LogP contribution in [0.25, 0.3) is 5.57 Å². The molecule has 2 nitrogen and oxygen atoms in total. The number of esters is 1. The van der Waals surface area contributed by atoms with Crippen LogP contribution in [0.1, 0.15) is 18.9 Å². The van der Waals surface area contributed by atoms with E-state index in [4.69, 9.17) is 17.0 Å². The summed E-state index contributed by atoms with van der Waals surface area (Å²) >= 11 is 6.54. The largest absolute Gasteiger partial charge is 0.462 e. The van der Waals surface area contributed by atoms with Crippen molar-refractivity contribution in [2.75, 3.05) is 6.61 Å². The average Bonchev–Trinajstić information content (AvgIpc) is 2.73. The minimum absolute atomic E-state index is 0.267. The van der Waals surface area contributed by atoms with E-state index in [1.807, 2.05) is 30.3 Å². The summed E-state index contributed by atoms with van der Waals surface area (Å²) in [7, 11) is 0. The van der Waals surface area contributed by atoms with Gasteiger partial charge in [0.05, 0.1) is 10.8 Å². The molecule has 0 aliphatic carbocycles. The minimum Gasteiger partial charge on any atom is -0.462 e. The van der Waals surface area contributed by atoms with Gasteiger partial charge in [0, 0.05) is 6.42 Å². The topological polar surface area (TPSA) is 26.3 Å². The molecule has 0 saturated carbocycles. The van der Waals surface area contributed by atoms with Crippen LogP contribution in [-0.4, -0.2) is 16.8 Å². The molecule has 17 heavy (non-hydrogen) atoms. The molecular weight excluding hydrogens is 252 g/mol. The van der Waals surface area contributed by atoms with Gasteiger partial charge in [-0.15, -0.1) is 0 Å². The zero-order valence-electron chi connectivity index (χ0n) is 9.43. The van der Waals surface area contributed by atoms with Crippen molar-refractivity contribution in [3.8, 4) is 0 Å². The lowest BCUT2D eigenvalue weighted by molar-refractivity contribution is -0.137. The van der Waals surface area contributed by atoms with E-state index in [9.17, 15) is 4.79 Å². The predicted molar refractivity (Wildman–Crippen MR) is 74.8 cm³/mol. The fraction of sp³-hybridized carbons (Fsp3) is 0.231. The quantitative estimate of drug-likeness (QED) is 0.617. The molecule has 0 fully saturated rings. The van der Waals surface area contributed by atoms with Crippen LogP contribution in [0.2, 0.25) is 0 Å². The number of benzene rings is 1. The monoisotopic (exact) mass is 264 g/mol. The summed E-state index contributed by atoms with van der Waals surface area (Å²) in [5.74, 6) is -0.267. The number of rotatable bonds is 3. The van der Waals surface area contributed by atoms with Gasteiger partial charge in [-0.05, 0) is 18.1 Å². The second-order valence-corrected chi connectivity index (χ2v) is 5.40. The molecule has 0 aromatic heterocycles. The van der Waals surface area contributed by atoms with Gasteiger partial charge in [-0.25, -0.2) is 4.79 Å². The van der Waals surface area contributed by atoms with Crippen molar-refractivity contribution in [1.29, 1.82) is 0 Å². The van der Waals surface area contributed by atoms with E-state index >= 15 is 0 Å². The predicted octanol–water partition coefficient (Wildman–Crippen LogP) is 3.43. The summed E-state index contributed by atoms with van der Waals surface area (Å²) < 4.78 is 5.87. The molecule has 1 heterocycles. The Morgan fingerprint density at radius 3 is 2.76 bits per heavy atom. The molecule has 1 aromatic carbocycles. The van der Waals surface area contributed by atoms with E-state index in [0.717, 1.165) is 15.3 Å². The number of allylic oxidation sites excluding steroid dienone is 1. The van der Waals surface area contributed by atoms with E-state index in [1.54, 1.807) is 6.92 Å². The number of hydrogen-bond acceptors (Lipinski definition) is 4. The highest BCUT2D eigenvalue weighted by Gasteiger charge is 2.27. The van der Waals surface area contributed by atoms with Crippen LogP contribution >= 0.6 is 24.0 Å². The standard InChI is InChI=1S/C13H12O2S2/c1-2-15-13(14)12-10(8-11(16)17-12)9-6-4-3-5-7-9/h3-7H,2,8H2,1H3. The molecule has 1 aliphatic rings. The normalized spacial score (nSPS) is 15.2. The van der Waals surface area contributed by atoms with Gasteiger partial charge in [-0.2, -0.15) is 0 Å². The number of carbonyl (C=O) groups is 1. The molecule has 0 unspecified atom stereocenters. The third-order valence-electron chi connectivity index (χ3n) is 2.39. The van der Waals surface area contributed by atoms with Crippen molar-refractivity contribution in [3.05, 3.63) is 40.8 Å². The van der Waals surface area contributed by atoms with Crippen molar-refractivity contribution in [3.63, 3.8) is 0 Å². The summed E-state index contributed by atoms with van der Waals surface area (Å²) in [5, 5.41) is 0. The van der Waals surface area contributed by atoms with Crippen LogP contribution in [0.15, 0.2) is 35.2 Å². The molecule has 0 spiro atoms.